The summed E-state index contributed by atoms with van der Waals surface area (Å²) in [5, 5.41) is 11.7. The average molecular weight is 530 g/mol. The molecule has 7 heteroatoms. The summed E-state index contributed by atoms with van der Waals surface area (Å²) in [6, 6.07) is 14.2. The lowest BCUT2D eigenvalue weighted by Gasteiger charge is -2.11. The summed E-state index contributed by atoms with van der Waals surface area (Å²) in [6.07, 6.45) is 4.86. The molecule has 0 bridgehead atoms. The zero-order valence-electron chi connectivity index (χ0n) is 11.9. The predicted molar refractivity (Wildman–Crippen MR) is 106 cm³/mol. The summed E-state index contributed by atoms with van der Waals surface area (Å²) in [5.74, 6) is 0.900. The van der Waals surface area contributed by atoms with Crippen molar-refractivity contribution in [3.63, 3.8) is 0 Å². The van der Waals surface area contributed by atoms with Crippen molar-refractivity contribution in [2.24, 2.45) is 5.10 Å². The molecule has 0 radical (unpaired) electrons. The van der Waals surface area contributed by atoms with E-state index < -0.39 is 0 Å². The normalized spacial score (nSPS) is 11.0. The predicted octanol–water partition coefficient (Wildman–Crippen LogP) is 3.95. The van der Waals surface area contributed by atoms with E-state index in [4.69, 9.17) is 4.74 Å². The number of benzene rings is 2. The first-order valence-corrected chi connectivity index (χ1v) is 8.93. The Morgan fingerprint density at radius 2 is 1.70 bits per heavy atom. The van der Waals surface area contributed by atoms with Crippen LogP contribution in [0.2, 0.25) is 0 Å². The minimum atomic E-state index is 0.557. The molecule has 1 aromatic heterocycles. The van der Waals surface area contributed by atoms with Crippen LogP contribution in [-0.2, 0) is 6.61 Å². The molecule has 0 aliphatic heterocycles. The molecule has 0 unspecified atom stereocenters. The van der Waals surface area contributed by atoms with Crippen molar-refractivity contribution in [1.29, 1.82) is 0 Å². The van der Waals surface area contributed by atoms with Gasteiger partial charge in [0, 0.05) is 0 Å². The highest BCUT2D eigenvalue weighted by atomic mass is 127. The van der Waals surface area contributed by atoms with E-state index in [0.29, 0.717) is 6.61 Å². The molecule has 0 N–H and O–H groups in total. The highest BCUT2D eigenvalue weighted by Crippen LogP contribution is 2.29. The maximum absolute atomic E-state index is 5.97. The molecule has 5 nitrogen and oxygen atoms in total. The molecule has 0 aliphatic carbocycles. The van der Waals surface area contributed by atoms with Crippen LogP contribution < -0.4 is 4.74 Å². The van der Waals surface area contributed by atoms with E-state index in [-0.39, 0.29) is 0 Å². The van der Waals surface area contributed by atoms with E-state index in [1.165, 1.54) is 0 Å². The van der Waals surface area contributed by atoms with Crippen LogP contribution in [0.25, 0.3) is 0 Å². The summed E-state index contributed by atoms with van der Waals surface area (Å²) in [4.78, 5) is 0. The number of ether oxygens (including phenoxy) is 1. The minimum Gasteiger partial charge on any atom is -0.487 e. The Bertz CT molecular complexity index is 781. The first-order valence-electron chi connectivity index (χ1n) is 6.77. The van der Waals surface area contributed by atoms with Crippen LogP contribution in [0.5, 0.6) is 5.75 Å². The Morgan fingerprint density at radius 3 is 2.35 bits per heavy atom. The van der Waals surface area contributed by atoms with Crippen molar-refractivity contribution in [1.82, 2.24) is 14.9 Å². The lowest BCUT2D eigenvalue weighted by molar-refractivity contribution is 0.302. The molecule has 2 aromatic carbocycles. The maximum Gasteiger partial charge on any atom is 0.146 e. The van der Waals surface area contributed by atoms with Crippen molar-refractivity contribution < 1.29 is 4.74 Å². The van der Waals surface area contributed by atoms with Gasteiger partial charge in [0.05, 0.1) is 13.4 Å². The van der Waals surface area contributed by atoms with Gasteiger partial charge in [-0.2, -0.15) is 5.10 Å². The highest BCUT2D eigenvalue weighted by molar-refractivity contribution is 14.1. The fourth-order valence-electron chi connectivity index (χ4n) is 1.91. The second-order valence-electron chi connectivity index (χ2n) is 4.67. The average Bonchev–Trinajstić information content (AvgIpc) is 3.06. The van der Waals surface area contributed by atoms with E-state index in [9.17, 15) is 0 Å². The Balaban J connectivity index is 1.75. The molecule has 0 saturated carbocycles. The van der Waals surface area contributed by atoms with E-state index in [0.717, 1.165) is 24.0 Å². The summed E-state index contributed by atoms with van der Waals surface area (Å²) in [6.45, 7) is 0.557. The molecule has 3 aromatic rings. The number of nitrogens with zero attached hydrogens (tertiary/aromatic N) is 4. The molecular weight excluding hydrogens is 518 g/mol. The van der Waals surface area contributed by atoms with Crippen LogP contribution in [0.15, 0.2) is 60.2 Å². The highest BCUT2D eigenvalue weighted by Gasteiger charge is 2.08. The molecular formula is C16H12I2N4O. The summed E-state index contributed by atoms with van der Waals surface area (Å²) in [7, 11) is 0. The third-order valence-corrected chi connectivity index (χ3v) is 4.60. The van der Waals surface area contributed by atoms with E-state index in [1.807, 2.05) is 30.3 Å². The molecule has 116 valence electrons. The van der Waals surface area contributed by atoms with Gasteiger partial charge >= 0.3 is 0 Å². The zero-order valence-corrected chi connectivity index (χ0v) is 16.2. The lowest BCUT2D eigenvalue weighted by Crippen LogP contribution is -2.00. The first-order chi connectivity index (χ1) is 11.2. The number of aromatic nitrogens is 3. The second kappa shape index (κ2) is 7.86. The van der Waals surface area contributed by atoms with Gasteiger partial charge in [-0.25, -0.2) is 4.68 Å². The fraction of sp³-hybridized carbons (Fsp3) is 0.0625. The molecule has 0 saturated heterocycles. The van der Waals surface area contributed by atoms with Gasteiger partial charge in [-0.05, 0) is 68.4 Å². The topological polar surface area (TPSA) is 52.3 Å². The van der Waals surface area contributed by atoms with Crippen LogP contribution >= 0.6 is 45.2 Å². The van der Waals surface area contributed by atoms with E-state index in [2.05, 4.69) is 72.6 Å². The fourth-order valence-corrected chi connectivity index (χ4v) is 4.04. The quantitative estimate of drug-likeness (QED) is 0.371. The van der Waals surface area contributed by atoms with Crippen molar-refractivity contribution in [2.45, 2.75) is 6.61 Å². The van der Waals surface area contributed by atoms with Crippen LogP contribution in [0.3, 0.4) is 0 Å². The molecule has 0 spiro atoms. The Kier molecular flexibility index (Phi) is 5.60. The monoisotopic (exact) mass is 530 g/mol. The van der Waals surface area contributed by atoms with Crippen molar-refractivity contribution >= 4 is 51.4 Å². The Hall–Kier alpha value is -1.49. The summed E-state index contributed by atoms with van der Waals surface area (Å²) in [5.41, 5.74) is 2.15. The van der Waals surface area contributed by atoms with Crippen molar-refractivity contribution in [3.05, 3.63) is 73.4 Å². The molecule has 0 atom stereocenters. The number of halogens is 2. The second-order valence-corrected chi connectivity index (χ2v) is 7.00. The smallest absolute Gasteiger partial charge is 0.146 e. The van der Waals surface area contributed by atoms with Crippen molar-refractivity contribution in [3.8, 4) is 5.75 Å². The minimum absolute atomic E-state index is 0.557. The van der Waals surface area contributed by atoms with E-state index >= 15 is 0 Å². The number of hydrogen-bond donors (Lipinski definition) is 0. The largest absolute Gasteiger partial charge is 0.487 e. The van der Waals surface area contributed by atoms with Gasteiger partial charge in [0.15, 0.2) is 0 Å². The molecule has 0 fully saturated rings. The van der Waals surface area contributed by atoms with Gasteiger partial charge < -0.3 is 4.74 Å². The van der Waals surface area contributed by atoms with Crippen LogP contribution in [0, 0.1) is 7.14 Å². The van der Waals surface area contributed by atoms with Gasteiger partial charge in [0.25, 0.3) is 0 Å². The van der Waals surface area contributed by atoms with Crippen LogP contribution in [0.1, 0.15) is 11.1 Å². The molecule has 23 heavy (non-hydrogen) atoms. The molecule has 0 amide bonds. The zero-order chi connectivity index (χ0) is 16.1. The Labute approximate surface area is 161 Å². The third-order valence-electron chi connectivity index (χ3n) is 2.99. The van der Waals surface area contributed by atoms with Gasteiger partial charge in [-0.15, -0.1) is 10.2 Å². The van der Waals surface area contributed by atoms with Gasteiger partial charge in [0.1, 0.15) is 25.0 Å². The maximum atomic E-state index is 5.97. The summed E-state index contributed by atoms with van der Waals surface area (Å²) < 4.78 is 9.63. The van der Waals surface area contributed by atoms with Crippen LogP contribution in [-0.4, -0.2) is 21.1 Å². The Morgan fingerprint density at radius 1 is 1.04 bits per heavy atom. The third kappa shape index (κ3) is 4.50. The molecule has 0 aliphatic rings. The molecule has 3 rings (SSSR count). The standard InChI is InChI=1S/C16H12I2N4O/c17-14-6-13(8-21-22-10-19-20-11-22)7-15(18)16(14)23-9-12-4-2-1-3-5-12/h1-8,10-11H,9H2/b21-8-. The number of hydrogen-bond acceptors (Lipinski definition) is 4. The van der Waals surface area contributed by atoms with Gasteiger partial charge in [0.2, 0.25) is 0 Å². The van der Waals surface area contributed by atoms with E-state index in [1.54, 1.807) is 23.5 Å². The van der Waals surface area contributed by atoms with Gasteiger partial charge in [-0.3, -0.25) is 0 Å². The van der Waals surface area contributed by atoms with Crippen molar-refractivity contribution in [2.75, 3.05) is 0 Å². The lowest BCUT2D eigenvalue weighted by atomic mass is 10.2. The SMILES string of the molecule is Ic1cc(/C=N\n2cnnc2)cc(I)c1OCc1ccccc1. The van der Waals surface area contributed by atoms with Crippen LogP contribution in [0.4, 0.5) is 0 Å². The summed E-state index contributed by atoms with van der Waals surface area (Å²) >= 11 is 4.57. The van der Waals surface area contributed by atoms with Gasteiger partial charge in [-0.1, -0.05) is 30.3 Å². The number of rotatable bonds is 5. The first kappa shape index (κ1) is 16.4. The molecule has 1 heterocycles.